The van der Waals surface area contributed by atoms with E-state index in [1.165, 1.54) is 0 Å². The van der Waals surface area contributed by atoms with Crippen molar-refractivity contribution < 1.29 is 9.90 Å². The topological polar surface area (TPSA) is 53.4 Å². The second-order valence-corrected chi connectivity index (χ2v) is 6.05. The highest BCUT2D eigenvalue weighted by Crippen LogP contribution is 2.39. The number of hydrogen-bond acceptors (Lipinski definition) is 4. The van der Waals surface area contributed by atoms with Crippen LogP contribution in [0.2, 0.25) is 0 Å². The van der Waals surface area contributed by atoms with Crippen LogP contribution in [0.4, 0.5) is 5.13 Å². The number of nitrogens with zero attached hydrogens (tertiary/aromatic N) is 2. The molecule has 2 unspecified atom stereocenters. The highest BCUT2D eigenvalue weighted by Gasteiger charge is 2.33. The maximum atomic E-state index is 11.1. The monoisotopic (exact) mass is 268 g/mol. The second-order valence-electron chi connectivity index (χ2n) is 4.98. The van der Waals surface area contributed by atoms with Gasteiger partial charge in [-0.15, -0.1) is 11.3 Å². The molecule has 0 bridgehead atoms. The molecule has 1 aromatic rings. The second kappa shape index (κ2) is 5.26. The first kappa shape index (κ1) is 13.3. The average Bonchev–Trinajstić information content (AvgIpc) is 2.86. The maximum Gasteiger partial charge on any atom is 0.312 e. The fourth-order valence-corrected chi connectivity index (χ4v) is 3.61. The number of carbonyl (C=O) groups is 1. The smallest absolute Gasteiger partial charge is 0.312 e. The molecule has 0 aromatic carbocycles. The minimum Gasteiger partial charge on any atom is -0.481 e. The average molecular weight is 268 g/mol. The number of carboxylic acids is 1. The number of thiazole rings is 1. The summed E-state index contributed by atoms with van der Waals surface area (Å²) < 4.78 is 0. The van der Waals surface area contributed by atoms with Crippen molar-refractivity contribution >= 4 is 22.4 Å². The highest BCUT2D eigenvalue weighted by molar-refractivity contribution is 7.15. The van der Waals surface area contributed by atoms with Crippen LogP contribution in [-0.4, -0.2) is 29.1 Å². The van der Waals surface area contributed by atoms with E-state index in [2.05, 4.69) is 23.7 Å². The van der Waals surface area contributed by atoms with E-state index in [1.54, 1.807) is 11.3 Å². The van der Waals surface area contributed by atoms with Gasteiger partial charge in [-0.05, 0) is 26.2 Å². The summed E-state index contributed by atoms with van der Waals surface area (Å²) in [5.74, 6) is -1.13. The Bertz CT molecular complexity index is 444. The zero-order valence-electron chi connectivity index (χ0n) is 11.1. The van der Waals surface area contributed by atoms with E-state index in [4.69, 9.17) is 5.11 Å². The molecule has 0 aliphatic heterocycles. The number of fused-ring (bicyclic) bond motifs is 1. The molecule has 18 heavy (non-hydrogen) atoms. The van der Waals surface area contributed by atoms with Gasteiger partial charge in [0.15, 0.2) is 5.13 Å². The zero-order chi connectivity index (χ0) is 13.3. The van der Waals surface area contributed by atoms with E-state index in [0.717, 1.165) is 35.0 Å². The Morgan fingerprint density at radius 3 is 3.00 bits per heavy atom. The lowest BCUT2D eigenvalue weighted by molar-refractivity contribution is -0.138. The number of aliphatic carboxylic acids is 1. The molecule has 1 heterocycles. The lowest BCUT2D eigenvalue weighted by atomic mass is 10.1. The molecule has 5 heteroatoms. The minimum atomic E-state index is -0.741. The lowest BCUT2D eigenvalue weighted by Crippen LogP contribution is -2.28. The maximum absolute atomic E-state index is 11.1. The summed E-state index contributed by atoms with van der Waals surface area (Å²) in [6.45, 7) is 4.36. The Morgan fingerprint density at radius 1 is 1.67 bits per heavy atom. The molecule has 0 fully saturated rings. The van der Waals surface area contributed by atoms with Gasteiger partial charge in [-0.25, -0.2) is 4.98 Å². The summed E-state index contributed by atoms with van der Waals surface area (Å²) in [4.78, 5) is 19.0. The van der Waals surface area contributed by atoms with Crippen LogP contribution in [0.15, 0.2) is 0 Å². The van der Waals surface area contributed by atoms with Crippen LogP contribution in [0.3, 0.4) is 0 Å². The number of rotatable bonds is 5. The summed E-state index contributed by atoms with van der Waals surface area (Å²) in [5.41, 5.74) is 0.804. The van der Waals surface area contributed by atoms with E-state index in [-0.39, 0.29) is 5.92 Å². The van der Waals surface area contributed by atoms with Crippen LogP contribution in [0, 0.1) is 0 Å². The quantitative estimate of drug-likeness (QED) is 0.892. The molecule has 2 atom stereocenters. The number of anilines is 1. The van der Waals surface area contributed by atoms with Gasteiger partial charge >= 0.3 is 5.97 Å². The Hall–Kier alpha value is -1.10. The van der Waals surface area contributed by atoms with Crippen LogP contribution < -0.4 is 4.90 Å². The number of aromatic nitrogens is 1. The van der Waals surface area contributed by atoms with Crippen molar-refractivity contribution in [3.63, 3.8) is 0 Å². The van der Waals surface area contributed by atoms with Gasteiger partial charge < -0.3 is 10.0 Å². The predicted molar refractivity (Wildman–Crippen MR) is 73.6 cm³/mol. The summed E-state index contributed by atoms with van der Waals surface area (Å²) in [6, 6.07) is 0.449. The molecule has 0 saturated carbocycles. The van der Waals surface area contributed by atoms with Crippen molar-refractivity contribution in [1.29, 1.82) is 0 Å². The Labute approximate surface area is 112 Å². The van der Waals surface area contributed by atoms with E-state index in [0.29, 0.717) is 12.5 Å². The van der Waals surface area contributed by atoms with E-state index in [9.17, 15) is 4.79 Å². The SMILES string of the molecule is CCCC(C)N(C)c1nc2c(s1)CCC2C(=O)O. The van der Waals surface area contributed by atoms with Crippen molar-refractivity contribution in [2.45, 2.75) is 51.5 Å². The molecule has 0 radical (unpaired) electrons. The molecule has 0 amide bonds. The fraction of sp³-hybridized carbons (Fsp3) is 0.692. The first-order chi connectivity index (χ1) is 8.54. The molecule has 0 saturated heterocycles. The first-order valence-electron chi connectivity index (χ1n) is 6.49. The summed E-state index contributed by atoms with van der Waals surface area (Å²) in [5, 5.41) is 10.1. The molecule has 100 valence electrons. The summed E-state index contributed by atoms with van der Waals surface area (Å²) in [7, 11) is 2.05. The fourth-order valence-electron chi connectivity index (χ4n) is 2.41. The third kappa shape index (κ3) is 2.36. The van der Waals surface area contributed by atoms with Gasteiger partial charge in [0, 0.05) is 18.0 Å². The van der Waals surface area contributed by atoms with Crippen LogP contribution >= 0.6 is 11.3 Å². The minimum absolute atomic E-state index is 0.389. The predicted octanol–water partition coefficient (Wildman–Crippen LogP) is 2.88. The third-order valence-electron chi connectivity index (χ3n) is 3.67. The lowest BCUT2D eigenvalue weighted by Gasteiger charge is -2.23. The Kier molecular flexibility index (Phi) is 3.90. The van der Waals surface area contributed by atoms with Gasteiger partial charge in [0.1, 0.15) is 5.92 Å². The Balaban J connectivity index is 2.18. The molecule has 1 aromatic heterocycles. The van der Waals surface area contributed by atoms with Gasteiger partial charge in [0.25, 0.3) is 0 Å². The number of aryl methyl sites for hydroxylation is 1. The van der Waals surface area contributed by atoms with Gasteiger partial charge in [-0.3, -0.25) is 4.79 Å². The number of hydrogen-bond donors (Lipinski definition) is 1. The summed E-state index contributed by atoms with van der Waals surface area (Å²) >= 11 is 1.66. The molecule has 1 N–H and O–H groups in total. The highest BCUT2D eigenvalue weighted by atomic mass is 32.1. The molecule has 4 nitrogen and oxygen atoms in total. The van der Waals surface area contributed by atoms with Gasteiger partial charge in [-0.2, -0.15) is 0 Å². The van der Waals surface area contributed by atoms with Crippen molar-refractivity contribution in [3.05, 3.63) is 10.6 Å². The number of carboxylic acid groups (broad SMARTS) is 1. The third-order valence-corrected chi connectivity index (χ3v) is 4.90. The standard InChI is InChI=1S/C13H20N2O2S/c1-4-5-8(2)15(3)13-14-11-9(12(16)17)6-7-10(11)18-13/h8-9H,4-7H2,1-3H3,(H,16,17). The van der Waals surface area contributed by atoms with Gasteiger partial charge in [-0.1, -0.05) is 13.3 Å². The van der Waals surface area contributed by atoms with Crippen LogP contribution in [0.5, 0.6) is 0 Å². The molecule has 1 aliphatic rings. The first-order valence-corrected chi connectivity index (χ1v) is 7.31. The van der Waals surface area contributed by atoms with E-state index < -0.39 is 5.97 Å². The van der Waals surface area contributed by atoms with Gasteiger partial charge in [0.05, 0.1) is 5.69 Å². The normalized spacial score (nSPS) is 19.6. The van der Waals surface area contributed by atoms with Crippen LogP contribution in [-0.2, 0) is 11.2 Å². The van der Waals surface area contributed by atoms with Crippen molar-refractivity contribution in [1.82, 2.24) is 4.98 Å². The van der Waals surface area contributed by atoms with E-state index in [1.807, 2.05) is 7.05 Å². The molecule has 0 spiro atoms. The molecular formula is C13H20N2O2S. The van der Waals surface area contributed by atoms with Crippen molar-refractivity contribution in [2.75, 3.05) is 11.9 Å². The van der Waals surface area contributed by atoms with E-state index >= 15 is 0 Å². The zero-order valence-corrected chi connectivity index (χ0v) is 12.0. The van der Waals surface area contributed by atoms with Crippen LogP contribution in [0.1, 0.15) is 49.6 Å². The van der Waals surface area contributed by atoms with Crippen LogP contribution in [0.25, 0.3) is 0 Å². The van der Waals surface area contributed by atoms with Crippen molar-refractivity contribution in [2.24, 2.45) is 0 Å². The Morgan fingerprint density at radius 2 is 2.39 bits per heavy atom. The van der Waals surface area contributed by atoms with Gasteiger partial charge in [0.2, 0.25) is 0 Å². The molecule has 1 aliphatic carbocycles. The van der Waals surface area contributed by atoms with Crippen molar-refractivity contribution in [3.8, 4) is 0 Å². The molecule has 2 rings (SSSR count). The summed E-state index contributed by atoms with van der Waals surface area (Å²) in [6.07, 6.45) is 3.84. The molecular weight excluding hydrogens is 248 g/mol. The largest absolute Gasteiger partial charge is 0.481 e.